The molecule has 0 spiro atoms. The third-order valence-corrected chi connectivity index (χ3v) is 3.36. The van der Waals surface area contributed by atoms with Crippen LogP contribution < -0.4 is 10.5 Å². The predicted octanol–water partition coefficient (Wildman–Crippen LogP) is 2.82. The van der Waals surface area contributed by atoms with Gasteiger partial charge in [-0.3, -0.25) is 4.90 Å². The number of methoxy groups -OCH3 is 1. The molecule has 0 saturated carbocycles. The molecule has 2 N–H and O–H groups in total. The maximum atomic E-state index is 6.29. The van der Waals surface area contributed by atoms with Crippen LogP contribution in [0.1, 0.15) is 38.3 Å². The summed E-state index contributed by atoms with van der Waals surface area (Å²) in [6, 6.07) is 8.63. The summed E-state index contributed by atoms with van der Waals surface area (Å²) < 4.78 is 5.30. The van der Waals surface area contributed by atoms with E-state index in [4.69, 9.17) is 10.5 Å². The average Bonchev–Trinajstić information content (AvgIpc) is 2.39. The van der Waals surface area contributed by atoms with Crippen LogP contribution in [0.2, 0.25) is 0 Å². The fraction of sp³-hybridized carbons (Fsp3) is 0.600. The zero-order valence-corrected chi connectivity index (χ0v) is 12.0. The van der Waals surface area contributed by atoms with Crippen molar-refractivity contribution in [2.24, 2.45) is 5.73 Å². The van der Waals surface area contributed by atoms with E-state index in [2.05, 4.69) is 37.9 Å². The van der Waals surface area contributed by atoms with Gasteiger partial charge in [-0.05, 0) is 44.1 Å². The normalized spacial score (nSPS) is 14.6. The Hall–Kier alpha value is -1.06. The standard InChI is InChI=1S/C15H26N2O/c1-5-10-17(3)15(14(16)6-2)12-8-7-9-13(11-12)18-4/h7-9,11,14-15H,5-6,10,16H2,1-4H3. The van der Waals surface area contributed by atoms with Crippen LogP contribution in [-0.2, 0) is 0 Å². The fourth-order valence-corrected chi connectivity index (χ4v) is 2.37. The highest BCUT2D eigenvalue weighted by molar-refractivity contribution is 5.31. The van der Waals surface area contributed by atoms with Gasteiger partial charge in [0.25, 0.3) is 0 Å². The molecular weight excluding hydrogens is 224 g/mol. The van der Waals surface area contributed by atoms with E-state index in [1.54, 1.807) is 7.11 Å². The SMILES string of the molecule is CCCN(C)C(c1cccc(OC)c1)C(N)CC. The third kappa shape index (κ3) is 3.72. The van der Waals surface area contributed by atoms with Crippen LogP contribution >= 0.6 is 0 Å². The van der Waals surface area contributed by atoms with E-state index in [1.807, 2.05) is 12.1 Å². The molecule has 1 aromatic carbocycles. The largest absolute Gasteiger partial charge is 0.497 e. The Labute approximate surface area is 111 Å². The monoisotopic (exact) mass is 250 g/mol. The summed E-state index contributed by atoms with van der Waals surface area (Å²) in [7, 11) is 3.84. The van der Waals surface area contributed by atoms with Gasteiger partial charge < -0.3 is 10.5 Å². The van der Waals surface area contributed by atoms with Gasteiger partial charge in [-0.25, -0.2) is 0 Å². The maximum absolute atomic E-state index is 6.29. The molecule has 0 aliphatic rings. The number of hydrogen-bond donors (Lipinski definition) is 1. The van der Waals surface area contributed by atoms with Crippen LogP contribution in [-0.4, -0.2) is 31.6 Å². The zero-order valence-electron chi connectivity index (χ0n) is 12.0. The molecule has 3 heteroatoms. The molecule has 0 radical (unpaired) electrons. The zero-order chi connectivity index (χ0) is 13.5. The summed E-state index contributed by atoms with van der Waals surface area (Å²) in [6.45, 7) is 5.38. The van der Waals surface area contributed by atoms with E-state index >= 15 is 0 Å². The summed E-state index contributed by atoms with van der Waals surface area (Å²) in [6.07, 6.45) is 2.10. The molecule has 3 nitrogen and oxygen atoms in total. The smallest absolute Gasteiger partial charge is 0.119 e. The van der Waals surface area contributed by atoms with Crippen molar-refractivity contribution < 1.29 is 4.74 Å². The van der Waals surface area contributed by atoms with Gasteiger partial charge in [0, 0.05) is 12.1 Å². The molecule has 0 heterocycles. The Morgan fingerprint density at radius 3 is 2.61 bits per heavy atom. The van der Waals surface area contributed by atoms with Gasteiger partial charge in [-0.1, -0.05) is 26.0 Å². The minimum Gasteiger partial charge on any atom is -0.497 e. The maximum Gasteiger partial charge on any atom is 0.119 e. The predicted molar refractivity (Wildman–Crippen MR) is 76.9 cm³/mol. The molecule has 0 aliphatic heterocycles. The lowest BCUT2D eigenvalue weighted by Gasteiger charge is -2.32. The summed E-state index contributed by atoms with van der Waals surface area (Å²) in [5, 5.41) is 0. The summed E-state index contributed by atoms with van der Waals surface area (Å²) in [4.78, 5) is 2.34. The number of likely N-dealkylation sites (N-methyl/N-ethyl adjacent to an activating group) is 1. The first kappa shape index (κ1) is 15.0. The molecule has 0 saturated heterocycles. The van der Waals surface area contributed by atoms with Gasteiger partial charge in [-0.15, -0.1) is 0 Å². The third-order valence-electron chi connectivity index (χ3n) is 3.36. The van der Waals surface area contributed by atoms with Crippen LogP contribution in [0.25, 0.3) is 0 Å². The molecule has 0 fully saturated rings. The van der Waals surface area contributed by atoms with E-state index in [0.717, 1.165) is 25.1 Å². The Balaban J connectivity index is 3.00. The van der Waals surface area contributed by atoms with Crippen molar-refractivity contribution in [1.82, 2.24) is 4.90 Å². The first-order valence-electron chi connectivity index (χ1n) is 6.73. The van der Waals surface area contributed by atoms with Gasteiger partial charge in [0.2, 0.25) is 0 Å². The molecule has 1 rings (SSSR count). The molecule has 2 unspecified atom stereocenters. The van der Waals surface area contributed by atoms with Gasteiger partial charge in [0.1, 0.15) is 5.75 Å². The molecule has 0 aliphatic carbocycles. The second-order valence-electron chi connectivity index (χ2n) is 4.77. The van der Waals surface area contributed by atoms with E-state index in [0.29, 0.717) is 0 Å². The molecule has 0 aromatic heterocycles. The number of hydrogen-bond acceptors (Lipinski definition) is 3. The first-order valence-corrected chi connectivity index (χ1v) is 6.73. The second-order valence-corrected chi connectivity index (χ2v) is 4.77. The Bertz CT molecular complexity index is 354. The lowest BCUT2D eigenvalue weighted by Crippen LogP contribution is -2.39. The minimum atomic E-state index is 0.147. The topological polar surface area (TPSA) is 38.5 Å². The molecule has 102 valence electrons. The Morgan fingerprint density at radius 1 is 1.33 bits per heavy atom. The number of ether oxygens (including phenoxy) is 1. The quantitative estimate of drug-likeness (QED) is 0.808. The average molecular weight is 250 g/mol. The van der Waals surface area contributed by atoms with Crippen molar-refractivity contribution >= 4 is 0 Å². The number of nitrogens with two attached hydrogens (primary N) is 1. The number of benzene rings is 1. The summed E-state index contributed by atoms with van der Waals surface area (Å²) in [5.74, 6) is 0.894. The van der Waals surface area contributed by atoms with Crippen molar-refractivity contribution in [3.63, 3.8) is 0 Å². The van der Waals surface area contributed by atoms with Crippen LogP contribution in [0.5, 0.6) is 5.75 Å². The molecule has 0 bridgehead atoms. The van der Waals surface area contributed by atoms with Crippen molar-refractivity contribution in [3.05, 3.63) is 29.8 Å². The lowest BCUT2D eigenvalue weighted by molar-refractivity contribution is 0.209. The van der Waals surface area contributed by atoms with Crippen molar-refractivity contribution in [2.45, 2.75) is 38.8 Å². The first-order chi connectivity index (χ1) is 8.63. The lowest BCUT2D eigenvalue weighted by atomic mass is 9.96. The summed E-state index contributed by atoms with van der Waals surface area (Å²) >= 11 is 0. The van der Waals surface area contributed by atoms with Crippen LogP contribution in [0.3, 0.4) is 0 Å². The van der Waals surface area contributed by atoms with Crippen LogP contribution in [0.4, 0.5) is 0 Å². The van der Waals surface area contributed by atoms with E-state index in [1.165, 1.54) is 5.56 Å². The molecule has 2 atom stereocenters. The van der Waals surface area contributed by atoms with Crippen molar-refractivity contribution in [2.75, 3.05) is 20.7 Å². The molecule has 1 aromatic rings. The van der Waals surface area contributed by atoms with Crippen LogP contribution in [0, 0.1) is 0 Å². The van der Waals surface area contributed by atoms with Gasteiger partial charge >= 0.3 is 0 Å². The minimum absolute atomic E-state index is 0.147. The fourth-order valence-electron chi connectivity index (χ4n) is 2.37. The number of rotatable bonds is 7. The molecular formula is C15H26N2O. The van der Waals surface area contributed by atoms with Gasteiger partial charge in [0.15, 0.2) is 0 Å². The highest BCUT2D eigenvalue weighted by Crippen LogP contribution is 2.26. The van der Waals surface area contributed by atoms with Crippen molar-refractivity contribution in [3.8, 4) is 5.75 Å². The van der Waals surface area contributed by atoms with Gasteiger partial charge in [-0.2, -0.15) is 0 Å². The summed E-state index contributed by atoms with van der Waals surface area (Å²) in [5.41, 5.74) is 7.53. The highest BCUT2D eigenvalue weighted by Gasteiger charge is 2.22. The highest BCUT2D eigenvalue weighted by atomic mass is 16.5. The van der Waals surface area contributed by atoms with Crippen LogP contribution in [0.15, 0.2) is 24.3 Å². The number of nitrogens with zero attached hydrogens (tertiary/aromatic N) is 1. The Kier molecular flexibility index (Phi) is 6.16. The molecule has 18 heavy (non-hydrogen) atoms. The second kappa shape index (κ2) is 7.39. The van der Waals surface area contributed by atoms with E-state index < -0.39 is 0 Å². The van der Waals surface area contributed by atoms with Crippen molar-refractivity contribution in [1.29, 1.82) is 0 Å². The van der Waals surface area contributed by atoms with Gasteiger partial charge in [0.05, 0.1) is 7.11 Å². The van der Waals surface area contributed by atoms with E-state index in [-0.39, 0.29) is 12.1 Å². The van der Waals surface area contributed by atoms with E-state index in [9.17, 15) is 0 Å². The Morgan fingerprint density at radius 2 is 2.06 bits per heavy atom. The molecule has 0 amide bonds.